The zero-order chi connectivity index (χ0) is 20.8. The zero-order valence-corrected chi connectivity index (χ0v) is 16.5. The molecule has 148 valence electrons. The Morgan fingerprint density at radius 1 is 0.839 bits per heavy atom. The minimum atomic E-state index is -0.220. The van der Waals surface area contributed by atoms with Gasteiger partial charge in [-0.2, -0.15) is 0 Å². The molecule has 1 unspecified atom stereocenters. The summed E-state index contributed by atoms with van der Waals surface area (Å²) in [6.07, 6.45) is 7.07. The van der Waals surface area contributed by atoms with E-state index in [9.17, 15) is 4.79 Å². The van der Waals surface area contributed by atoms with Crippen LogP contribution in [0.3, 0.4) is 0 Å². The smallest absolute Gasteiger partial charge is 0.252 e. The van der Waals surface area contributed by atoms with Crippen molar-refractivity contribution in [2.45, 2.75) is 6.04 Å². The van der Waals surface area contributed by atoms with Gasteiger partial charge >= 0.3 is 0 Å². The summed E-state index contributed by atoms with van der Waals surface area (Å²) in [7, 11) is 0. The molecule has 0 fully saturated rings. The molecule has 2 N–H and O–H groups in total. The highest BCUT2D eigenvalue weighted by molar-refractivity contribution is 6.06. The number of H-pyrrole nitrogens is 1. The van der Waals surface area contributed by atoms with Crippen molar-refractivity contribution in [1.82, 2.24) is 20.3 Å². The molecule has 0 saturated carbocycles. The standard InChI is InChI=1S/C26H18N4O/c31-26(21-11-15-29-25-20(21)10-14-28-25)30-24-19-5-2-1-4-18(19)23-17(6-3-7-22(23)24)16-8-12-27-13-9-16/h1-15,24H,(H,28,29)(H,30,31). The average molecular weight is 402 g/mol. The lowest BCUT2D eigenvalue weighted by Gasteiger charge is -2.17. The fourth-order valence-corrected chi connectivity index (χ4v) is 4.55. The van der Waals surface area contributed by atoms with Gasteiger partial charge in [0.2, 0.25) is 0 Å². The highest BCUT2D eigenvalue weighted by Crippen LogP contribution is 2.47. The molecule has 5 heteroatoms. The number of amides is 1. The number of nitrogens with one attached hydrogen (secondary N) is 2. The largest absolute Gasteiger partial charge is 0.346 e. The molecule has 0 radical (unpaired) electrons. The van der Waals surface area contributed by atoms with Crippen molar-refractivity contribution in [2.24, 2.45) is 0 Å². The molecule has 1 aliphatic carbocycles. The predicted molar refractivity (Wildman–Crippen MR) is 121 cm³/mol. The topological polar surface area (TPSA) is 70.7 Å². The average Bonchev–Trinajstić information content (AvgIpc) is 3.43. The number of benzene rings is 2. The molecule has 1 aliphatic rings. The summed E-state index contributed by atoms with van der Waals surface area (Å²) in [5.74, 6) is -0.117. The molecule has 1 atom stereocenters. The van der Waals surface area contributed by atoms with Crippen LogP contribution in [-0.4, -0.2) is 20.9 Å². The molecule has 31 heavy (non-hydrogen) atoms. The zero-order valence-electron chi connectivity index (χ0n) is 16.5. The first-order chi connectivity index (χ1) is 15.3. The van der Waals surface area contributed by atoms with Gasteiger partial charge in [0.15, 0.2) is 0 Å². The number of hydrogen-bond acceptors (Lipinski definition) is 3. The van der Waals surface area contributed by atoms with Crippen LogP contribution in [0.2, 0.25) is 0 Å². The second-order valence-electron chi connectivity index (χ2n) is 7.60. The quantitative estimate of drug-likeness (QED) is 0.440. The van der Waals surface area contributed by atoms with Crippen LogP contribution in [0.4, 0.5) is 0 Å². The normalized spacial score (nSPS) is 14.3. The van der Waals surface area contributed by atoms with Gasteiger partial charge in [0.25, 0.3) is 5.91 Å². The molecule has 3 aromatic heterocycles. The number of rotatable bonds is 3. The number of pyridine rings is 2. The van der Waals surface area contributed by atoms with Gasteiger partial charge in [-0.05, 0) is 57.6 Å². The molecular weight excluding hydrogens is 384 g/mol. The summed E-state index contributed by atoms with van der Waals surface area (Å²) in [6.45, 7) is 0. The van der Waals surface area contributed by atoms with Gasteiger partial charge in [-0.1, -0.05) is 42.5 Å². The highest BCUT2D eigenvalue weighted by atomic mass is 16.1. The van der Waals surface area contributed by atoms with Gasteiger partial charge in [-0.3, -0.25) is 9.78 Å². The second kappa shape index (κ2) is 6.92. The van der Waals surface area contributed by atoms with Crippen LogP contribution in [0.1, 0.15) is 27.5 Å². The van der Waals surface area contributed by atoms with E-state index in [1.807, 2.05) is 30.3 Å². The second-order valence-corrected chi connectivity index (χ2v) is 7.60. The summed E-state index contributed by atoms with van der Waals surface area (Å²) in [4.78, 5) is 24.8. The van der Waals surface area contributed by atoms with E-state index in [0.717, 1.165) is 38.8 Å². The molecule has 0 bridgehead atoms. The maximum absolute atomic E-state index is 13.3. The number of aromatic amines is 1. The van der Waals surface area contributed by atoms with Crippen molar-refractivity contribution < 1.29 is 4.79 Å². The lowest BCUT2D eigenvalue weighted by molar-refractivity contribution is 0.0945. The van der Waals surface area contributed by atoms with E-state index in [1.54, 1.807) is 30.9 Å². The number of carbonyl (C=O) groups is 1. The van der Waals surface area contributed by atoms with Crippen molar-refractivity contribution in [3.05, 3.63) is 108 Å². The molecule has 0 spiro atoms. The van der Waals surface area contributed by atoms with E-state index in [-0.39, 0.29) is 11.9 Å². The van der Waals surface area contributed by atoms with E-state index in [4.69, 9.17) is 0 Å². The Morgan fingerprint density at radius 2 is 1.65 bits per heavy atom. The number of nitrogens with zero attached hydrogens (tertiary/aromatic N) is 2. The van der Waals surface area contributed by atoms with Crippen LogP contribution in [0.5, 0.6) is 0 Å². The van der Waals surface area contributed by atoms with Gasteiger partial charge in [-0.25, -0.2) is 4.98 Å². The third-order valence-corrected chi connectivity index (χ3v) is 5.92. The highest BCUT2D eigenvalue weighted by Gasteiger charge is 2.32. The van der Waals surface area contributed by atoms with Crippen molar-refractivity contribution >= 4 is 16.9 Å². The molecule has 2 aromatic carbocycles. The maximum Gasteiger partial charge on any atom is 0.252 e. The Bertz CT molecular complexity index is 1440. The first kappa shape index (κ1) is 17.6. The summed E-state index contributed by atoms with van der Waals surface area (Å²) < 4.78 is 0. The SMILES string of the molecule is O=C(NC1c2ccccc2-c2c(-c3ccncc3)cccc21)c1ccnc2[nH]ccc12. The Morgan fingerprint density at radius 3 is 2.55 bits per heavy atom. The first-order valence-corrected chi connectivity index (χ1v) is 10.2. The molecule has 0 saturated heterocycles. The van der Waals surface area contributed by atoms with Crippen molar-refractivity contribution in [1.29, 1.82) is 0 Å². The Hall–Kier alpha value is -4.25. The number of fused-ring (bicyclic) bond motifs is 4. The van der Waals surface area contributed by atoms with Crippen molar-refractivity contribution in [3.63, 3.8) is 0 Å². The molecule has 6 rings (SSSR count). The third-order valence-electron chi connectivity index (χ3n) is 5.92. The lowest BCUT2D eigenvalue weighted by Crippen LogP contribution is -2.28. The molecule has 1 amide bonds. The number of carbonyl (C=O) groups excluding carboxylic acids is 1. The van der Waals surface area contributed by atoms with Gasteiger partial charge in [0.05, 0.1) is 11.6 Å². The summed E-state index contributed by atoms with van der Waals surface area (Å²) in [5, 5.41) is 4.09. The van der Waals surface area contributed by atoms with Gasteiger partial charge in [0.1, 0.15) is 5.65 Å². The van der Waals surface area contributed by atoms with E-state index >= 15 is 0 Å². The van der Waals surface area contributed by atoms with E-state index < -0.39 is 0 Å². The molecule has 5 nitrogen and oxygen atoms in total. The minimum absolute atomic E-state index is 0.117. The fourth-order valence-electron chi connectivity index (χ4n) is 4.55. The fraction of sp³-hybridized carbons (Fsp3) is 0.0385. The predicted octanol–water partition coefficient (Wildman–Crippen LogP) is 5.12. The van der Waals surface area contributed by atoms with E-state index in [0.29, 0.717) is 11.2 Å². The Balaban J connectivity index is 1.48. The van der Waals surface area contributed by atoms with Crippen LogP contribution in [0.15, 0.2) is 91.5 Å². The van der Waals surface area contributed by atoms with Crippen LogP contribution in [-0.2, 0) is 0 Å². The van der Waals surface area contributed by atoms with E-state index in [2.05, 4.69) is 50.6 Å². The van der Waals surface area contributed by atoms with Gasteiger partial charge in [-0.15, -0.1) is 0 Å². The summed E-state index contributed by atoms with van der Waals surface area (Å²) in [6, 6.07) is 22.0. The molecule has 0 aliphatic heterocycles. The first-order valence-electron chi connectivity index (χ1n) is 10.2. The molecule has 3 heterocycles. The molecule has 5 aromatic rings. The van der Waals surface area contributed by atoms with E-state index in [1.165, 1.54) is 0 Å². The monoisotopic (exact) mass is 402 g/mol. The number of hydrogen-bond donors (Lipinski definition) is 2. The third kappa shape index (κ3) is 2.74. The van der Waals surface area contributed by atoms with Crippen LogP contribution in [0.25, 0.3) is 33.3 Å². The number of aromatic nitrogens is 3. The Labute approximate surface area is 178 Å². The van der Waals surface area contributed by atoms with Crippen molar-refractivity contribution in [2.75, 3.05) is 0 Å². The lowest BCUT2D eigenvalue weighted by atomic mass is 9.94. The van der Waals surface area contributed by atoms with Crippen LogP contribution < -0.4 is 5.32 Å². The molecular formula is C26H18N4O. The van der Waals surface area contributed by atoms with Gasteiger partial charge in [0, 0.05) is 30.2 Å². The summed E-state index contributed by atoms with van der Waals surface area (Å²) >= 11 is 0. The van der Waals surface area contributed by atoms with Crippen LogP contribution in [0, 0.1) is 0 Å². The minimum Gasteiger partial charge on any atom is -0.346 e. The van der Waals surface area contributed by atoms with Gasteiger partial charge < -0.3 is 10.3 Å². The summed E-state index contributed by atoms with van der Waals surface area (Å²) in [5.41, 5.74) is 8.09. The van der Waals surface area contributed by atoms with Crippen LogP contribution >= 0.6 is 0 Å². The maximum atomic E-state index is 13.3. The Kier molecular flexibility index (Phi) is 3.93. The van der Waals surface area contributed by atoms with Crippen molar-refractivity contribution in [3.8, 4) is 22.3 Å².